The Morgan fingerprint density at radius 2 is 2.05 bits per heavy atom. The highest BCUT2D eigenvalue weighted by molar-refractivity contribution is 6.33. The SMILES string of the molecule is COc1cc(N)c(Cl)cc1C(=O)NCC(C)(C)N(C)C. The van der Waals surface area contributed by atoms with Gasteiger partial charge in [-0.15, -0.1) is 0 Å². The van der Waals surface area contributed by atoms with Gasteiger partial charge in [-0.05, 0) is 34.0 Å². The Morgan fingerprint density at radius 3 is 2.55 bits per heavy atom. The summed E-state index contributed by atoms with van der Waals surface area (Å²) in [5.74, 6) is 0.172. The van der Waals surface area contributed by atoms with Crippen LogP contribution in [-0.4, -0.2) is 44.1 Å². The summed E-state index contributed by atoms with van der Waals surface area (Å²) in [6.07, 6.45) is 0. The van der Waals surface area contributed by atoms with Gasteiger partial charge in [0.1, 0.15) is 5.75 Å². The van der Waals surface area contributed by atoms with Crippen molar-refractivity contribution in [2.45, 2.75) is 19.4 Å². The Morgan fingerprint density at radius 1 is 1.45 bits per heavy atom. The van der Waals surface area contributed by atoms with Gasteiger partial charge in [0.2, 0.25) is 0 Å². The zero-order valence-corrected chi connectivity index (χ0v) is 13.3. The minimum absolute atomic E-state index is 0.152. The number of hydrogen-bond acceptors (Lipinski definition) is 4. The van der Waals surface area contributed by atoms with Crippen LogP contribution >= 0.6 is 11.6 Å². The molecular formula is C14H22ClN3O2. The Balaban J connectivity index is 2.91. The number of rotatable bonds is 5. The molecule has 20 heavy (non-hydrogen) atoms. The molecule has 1 aromatic carbocycles. The van der Waals surface area contributed by atoms with Crippen LogP contribution in [0.5, 0.6) is 5.75 Å². The average Bonchev–Trinajstić information content (AvgIpc) is 2.38. The topological polar surface area (TPSA) is 67.6 Å². The lowest BCUT2D eigenvalue weighted by molar-refractivity contribution is 0.0916. The highest BCUT2D eigenvalue weighted by Crippen LogP contribution is 2.28. The summed E-state index contributed by atoms with van der Waals surface area (Å²) in [5.41, 5.74) is 6.30. The van der Waals surface area contributed by atoms with Gasteiger partial charge in [-0.25, -0.2) is 0 Å². The molecule has 0 fully saturated rings. The van der Waals surface area contributed by atoms with Crippen LogP contribution in [0.25, 0.3) is 0 Å². The predicted molar refractivity (Wildman–Crippen MR) is 82.5 cm³/mol. The molecular weight excluding hydrogens is 278 g/mol. The van der Waals surface area contributed by atoms with E-state index in [1.165, 1.54) is 13.2 Å². The number of nitrogens with zero attached hydrogens (tertiary/aromatic N) is 1. The first-order chi connectivity index (χ1) is 9.19. The second-order valence-corrected chi connectivity index (χ2v) is 5.87. The van der Waals surface area contributed by atoms with E-state index in [1.54, 1.807) is 6.07 Å². The highest BCUT2D eigenvalue weighted by atomic mass is 35.5. The Kier molecular flexibility index (Phi) is 5.25. The van der Waals surface area contributed by atoms with Crippen LogP contribution in [0.3, 0.4) is 0 Å². The van der Waals surface area contributed by atoms with Gasteiger partial charge in [0.25, 0.3) is 5.91 Å². The molecule has 1 amide bonds. The van der Waals surface area contributed by atoms with Crippen molar-refractivity contribution in [1.82, 2.24) is 10.2 Å². The normalized spacial score (nSPS) is 11.6. The van der Waals surface area contributed by atoms with Crippen LogP contribution < -0.4 is 15.8 Å². The van der Waals surface area contributed by atoms with E-state index < -0.39 is 0 Å². The van der Waals surface area contributed by atoms with Gasteiger partial charge in [0, 0.05) is 18.2 Å². The van der Waals surface area contributed by atoms with E-state index in [0.717, 1.165) is 0 Å². The molecule has 0 radical (unpaired) electrons. The number of anilines is 1. The first-order valence-corrected chi connectivity index (χ1v) is 6.65. The number of amides is 1. The minimum Gasteiger partial charge on any atom is -0.496 e. The molecule has 0 unspecified atom stereocenters. The highest BCUT2D eigenvalue weighted by Gasteiger charge is 2.22. The maximum Gasteiger partial charge on any atom is 0.255 e. The largest absolute Gasteiger partial charge is 0.496 e. The molecule has 0 saturated heterocycles. The molecule has 0 bridgehead atoms. The number of nitrogens with two attached hydrogens (primary N) is 1. The smallest absolute Gasteiger partial charge is 0.255 e. The van der Waals surface area contributed by atoms with E-state index >= 15 is 0 Å². The van der Waals surface area contributed by atoms with Crippen molar-refractivity contribution in [3.05, 3.63) is 22.7 Å². The fourth-order valence-corrected chi connectivity index (χ4v) is 1.63. The summed E-state index contributed by atoms with van der Waals surface area (Å²) in [6, 6.07) is 3.07. The second kappa shape index (κ2) is 6.33. The Hall–Kier alpha value is -1.46. The zero-order chi connectivity index (χ0) is 15.5. The number of nitrogen functional groups attached to an aromatic ring is 1. The fourth-order valence-electron chi connectivity index (χ4n) is 1.47. The lowest BCUT2D eigenvalue weighted by Gasteiger charge is -2.32. The monoisotopic (exact) mass is 299 g/mol. The van der Waals surface area contributed by atoms with Crippen LogP contribution in [0.15, 0.2) is 12.1 Å². The Labute approximate surface area is 125 Å². The first kappa shape index (κ1) is 16.6. The maximum atomic E-state index is 12.2. The fraction of sp³-hybridized carbons (Fsp3) is 0.500. The number of likely N-dealkylation sites (N-methyl/N-ethyl adjacent to an activating group) is 1. The lowest BCUT2D eigenvalue weighted by atomic mass is 10.0. The van der Waals surface area contributed by atoms with Crippen molar-refractivity contribution in [2.24, 2.45) is 0 Å². The van der Waals surface area contributed by atoms with Crippen molar-refractivity contribution in [3.63, 3.8) is 0 Å². The second-order valence-electron chi connectivity index (χ2n) is 5.46. The van der Waals surface area contributed by atoms with Gasteiger partial charge in [0.05, 0.1) is 23.4 Å². The lowest BCUT2D eigenvalue weighted by Crippen LogP contribution is -2.48. The van der Waals surface area contributed by atoms with E-state index in [1.807, 2.05) is 32.8 Å². The summed E-state index contributed by atoms with van der Waals surface area (Å²) in [4.78, 5) is 14.3. The quantitative estimate of drug-likeness (QED) is 0.816. The summed E-state index contributed by atoms with van der Waals surface area (Å²) < 4.78 is 5.17. The van der Waals surface area contributed by atoms with Gasteiger partial charge in [-0.3, -0.25) is 4.79 Å². The molecule has 0 aliphatic carbocycles. The van der Waals surface area contributed by atoms with E-state index in [0.29, 0.717) is 28.6 Å². The minimum atomic E-state index is -0.237. The van der Waals surface area contributed by atoms with Crippen molar-refractivity contribution in [3.8, 4) is 5.75 Å². The predicted octanol–water partition coefficient (Wildman–Crippen LogP) is 2.00. The average molecular weight is 300 g/mol. The summed E-state index contributed by atoms with van der Waals surface area (Å²) in [6.45, 7) is 4.59. The van der Waals surface area contributed by atoms with Gasteiger partial charge in [-0.2, -0.15) is 0 Å². The van der Waals surface area contributed by atoms with Gasteiger partial charge in [-0.1, -0.05) is 11.6 Å². The van der Waals surface area contributed by atoms with Crippen LogP contribution in [-0.2, 0) is 0 Å². The number of carbonyl (C=O) groups is 1. The van der Waals surface area contributed by atoms with E-state index in [-0.39, 0.29) is 11.4 Å². The molecule has 0 aliphatic rings. The number of ether oxygens (including phenoxy) is 1. The molecule has 3 N–H and O–H groups in total. The van der Waals surface area contributed by atoms with Crippen molar-refractivity contribution in [1.29, 1.82) is 0 Å². The Bertz CT molecular complexity index is 501. The number of methoxy groups -OCH3 is 1. The van der Waals surface area contributed by atoms with E-state index in [2.05, 4.69) is 5.32 Å². The molecule has 0 saturated carbocycles. The zero-order valence-electron chi connectivity index (χ0n) is 12.6. The van der Waals surface area contributed by atoms with Crippen LogP contribution in [0.4, 0.5) is 5.69 Å². The molecule has 5 nitrogen and oxygen atoms in total. The molecule has 0 aliphatic heterocycles. The van der Waals surface area contributed by atoms with E-state index in [4.69, 9.17) is 22.1 Å². The molecule has 6 heteroatoms. The molecule has 0 aromatic heterocycles. The molecule has 1 rings (SSSR count). The van der Waals surface area contributed by atoms with Gasteiger partial charge < -0.3 is 20.7 Å². The van der Waals surface area contributed by atoms with E-state index in [9.17, 15) is 4.79 Å². The summed E-state index contributed by atoms with van der Waals surface area (Å²) in [5, 5.41) is 3.22. The summed E-state index contributed by atoms with van der Waals surface area (Å²) >= 11 is 5.96. The molecule has 0 spiro atoms. The molecule has 0 heterocycles. The van der Waals surface area contributed by atoms with Crippen molar-refractivity contribution in [2.75, 3.05) is 33.5 Å². The number of nitrogens with one attached hydrogen (secondary N) is 1. The third-order valence-electron chi connectivity index (χ3n) is 3.46. The maximum absolute atomic E-state index is 12.2. The van der Waals surface area contributed by atoms with Crippen molar-refractivity contribution < 1.29 is 9.53 Å². The van der Waals surface area contributed by atoms with Gasteiger partial charge >= 0.3 is 0 Å². The van der Waals surface area contributed by atoms with Gasteiger partial charge in [0.15, 0.2) is 0 Å². The number of hydrogen-bond donors (Lipinski definition) is 2. The van der Waals surface area contributed by atoms with Crippen LogP contribution in [0, 0.1) is 0 Å². The number of benzene rings is 1. The third kappa shape index (κ3) is 3.77. The van der Waals surface area contributed by atoms with Crippen LogP contribution in [0.1, 0.15) is 24.2 Å². The molecule has 112 valence electrons. The first-order valence-electron chi connectivity index (χ1n) is 6.27. The molecule has 1 aromatic rings. The summed E-state index contributed by atoms with van der Waals surface area (Å²) in [7, 11) is 5.42. The van der Waals surface area contributed by atoms with Crippen LogP contribution in [0.2, 0.25) is 5.02 Å². The molecule has 0 atom stereocenters. The van der Waals surface area contributed by atoms with Crippen molar-refractivity contribution >= 4 is 23.2 Å². The number of halogens is 1. The standard InChI is InChI=1S/C14H22ClN3O2/c1-14(2,18(3)4)8-17-13(19)9-6-10(15)11(16)7-12(9)20-5/h6-7H,8,16H2,1-5H3,(H,17,19). The third-order valence-corrected chi connectivity index (χ3v) is 3.78. The number of carbonyl (C=O) groups excluding carboxylic acids is 1.